The van der Waals surface area contributed by atoms with Crippen LogP contribution in [-0.4, -0.2) is 16.5 Å². The Bertz CT molecular complexity index is 574. The first-order chi connectivity index (χ1) is 9.38. The smallest absolute Gasteiger partial charge is 0.308 e. The highest BCUT2D eigenvalue weighted by molar-refractivity contribution is 7.84. The zero-order valence-electron chi connectivity index (χ0n) is 11.6. The molecule has 0 radical (unpaired) electrons. The van der Waals surface area contributed by atoms with Crippen molar-refractivity contribution in [3.8, 4) is 0 Å². The number of carbonyl (C=O) groups is 1. The lowest BCUT2D eigenvalue weighted by Gasteiger charge is -2.07. The number of hydrogen-bond donors (Lipinski definition) is 2. The van der Waals surface area contributed by atoms with Gasteiger partial charge in [-0.1, -0.05) is 24.8 Å². The number of benzene rings is 1. The molecule has 4 nitrogen and oxygen atoms in total. The molecule has 106 valence electrons. The Balaban J connectivity index is 2.56. The third-order valence-corrected chi connectivity index (χ3v) is 3.22. The first-order valence-corrected chi connectivity index (χ1v) is 7.48. The van der Waals surface area contributed by atoms with Gasteiger partial charge >= 0.3 is 6.03 Å². The van der Waals surface area contributed by atoms with Gasteiger partial charge in [-0.25, -0.2) is 4.79 Å². The van der Waals surface area contributed by atoms with Crippen LogP contribution >= 0.6 is 0 Å². The summed E-state index contributed by atoms with van der Waals surface area (Å²) in [5.74, 6) is 0. The third-order valence-electron chi connectivity index (χ3n) is 2.29. The lowest BCUT2D eigenvalue weighted by atomic mass is 10.3. The van der Waals surface area contributed by atoms with Crippen LogP contribution in [0.15, 0.2) is 65.7 Å². The summed E-state index contributed by atoms with van der Waals surface area (Å²) in [5, 5.41) is 5.25. The summed E-state index contributed by atoms with van der Waals surface area (Å²) in [4.78, 5) is 12.4. The standard InChI is InChI=1S/C15H18N2O2S/c1-11(2)5-6-12(3)16-15(18)17-13-7-9-14(10-8-13)20(4)19/h5-10H,1,3H2,2,4H3,(H2,16,17,18)/b6-5-. The fraction of sp³-hybridized carbons (Fsp3) is 0.133. The van der Waals surface area contributed by atoms with Crippen molar-refractivity contribution in [1.29, 1.82) is 0 Å². The van der Waals surface area contributed by atoms with E-state index in [1.54, 1.807) is 42.7 Å². The number of hydrogen-bond acceptors (Lipinski definition) is 2. The summed E-state index contributed by atoms with van der Waals surface area (Å²) in [5.41, 5.74) is 1.96. The average molecular weight is 290 g/mol. The van der Waals surface area contributed by atoms with Crippen molar-refractivity contribution in [2.75, 3.05) is 11.6 Å². The van der Waals surface area contributed by atoms with Crippen LogP contribution in [0.2, 0.25) is 0 Å². The highest BCUT2D eigenvalue weighted by Gasteiger charge is 2.03. The van der Waals surface area contributed by atoms with E-state index in [4.69, 9.17) is 0 Å². The molecule has 0 aromatic heterocycles. The van der Waals surface area contributed by atoms with Crippen molar-refractivity contribution in [3.05, 3.63) is 60.8 Å². The number of nitrogens with one attached hydrogen (secondary N) is 2. The maximum atomic E-state index is 11.7. The van der Waals surface area contributed by atoms with Gasteiger partial charge in [0.05, 0.1) is 0 Å². The molecule has 1 unspecified atom stereocenters. The number of carbonyl (C=O) groups excluding carboxylic acids is 1. The van der Waals surface area contributed by atoms with Gasteiger partial charge in [-0.05, 0) is 37.3 Å². The van der Waals surface area contributed by atoms with E-state index in [2.05, 4.69) is 23.8 Å². The van der Waals surface area contributed by atoms with E-state index < -0.39 is 10.8 Å². The minimum atomic E-state index is -1.03. The summed E-state index contributed by atoms with van der Waals surface area (Å²) in [6, 6.07) is 6.43. The number of amides is 2. The minimum absolute atomic E-state index is 0.383. The van der Waals surface area contributed by atoms with Crippen molar-refractivity contribution in [2.24, 2.45) is 0 Å². The first kappa shape index (κ1) is 15.9. The molecule has 1 atom stereocenters. The molecule has 0 fully saturated rings. The minimum Gasteiger partial charge on any atom is -0.308 e. The Morgan fingerprint density at radius 3 is 2.30 bits per heavy atom. The van der Waals surface area contributed by atoms with Crippen molar-refractivity contribution in [2.45, 2.75) is 11.8 Å². The summed E-state index contributed by atoms with van der Waals surface area (Å²) in [7, 11) is -1.03. The van der Waals surface area contributed by atoms with E-state index in [0.29, 0.717) is 16.3 Å². The number of allylic oxidation sites excluding steroid dienone is 3. The molecule has 0 heterocycles. The topological polar surface area (TPSA) is 58.2 Å². The van der Waals surface area contributed by atoms with Gasteiger partial charge in [-0.3, -0.25) is 4.21 Å². The first-order valence-electron chi connectivity index (χ1n) is 5.92. The summed E-state index contributed by atoms with van der Waals surface area (Å²) in [6.45, 7) is 9.27. The Morgan fingerprint density at radius 1 is 1.20 bits per heavy atom. The predicted octanol–water partition coefficient (Wildman–Crippen LogP) is 3.19. The molecule has 2 N–H and O–H groups in total. The highest BCUT2D eigenvalue weighted by Crippen LogP contribution is 2.11. The van der Waals surface area contributed by atoms with Crippen LogP contribution in [0, 0.1) is 0 Å². The number of anilines is 1. The summed E-state index contributed by atoms with van der Waals surface area (Å²) in [6.07, 6.45) is 5.03. The lowest BCUT2D eigenvalue weighted by Crippen LogP contribution is -2.26. The van der Waals surface area contributed by atoms with Crippen LogP contribution in [0.4, 0.5) is 10.5 Å². The molecular weight excluding hydrogens is 272 g/mol. The quantitative estimate of drug-likeness (QED) is 0.818. The monoisotopic (exact) mass is 290 g/mol. The molecule has 2 amide bonds. The van der Waals surface area contributed by atoms with Crippen molar-refractivity contribution < 1.29 is 9.00 Å². The van der Waals surface area contributed by atoms with E-state index in [1.165, 1.54) is 0 Å². The highest BCUT2D eigenvalue weighted by atomic mass is 32.2. The Kier molecular flexibility index (Phi) is 5.93. The van der Waals surface area contributed by atoms with E-state index in [-0.39, 0.29) is 6.03 Å². The van der Waals surface area contributed by atoms with Crippen LogP contribution in [0.3, 0.4) is 0 Å². The van der Waals surface area contributed by atoms with Gasteiger partial charge in [0.15, 0.2) is 0 Å². The van der Waals surface area contributed by atoms with E-state index >= 15 is 0 Å². The molecule has 20 heavy (non-hydrogen) atoms. The van der Waals surface area contributed by atoms with Crippen LogP contribution in [0.25, 0.3) is 0 Å². The predicted molar refractivity (Wildman–Crippen MR) is 84.0 cm³/mol. The van der Waals surface area contributed by atoms with E-state index in [0.717, 1.165) is 5.57 Å². The largest absolute Gasteiger partial charge is 0.323 e. The zero-order valence-corrected chi connectivity index (χ0v) is 12.4. The van der Waals surface area contributed by atoms with Crippen molar-refractivity contribution in [3.63, 3.8) is 0 Å². The molecule has 0 saturated heterocycles. The number of rotatable bonds is 5. The van der Waals surface area contributed by atoms with E-state index in [9.17, 15) is 9.00 Å². The van der Waals surface area contributed by atoms with Crippen molar-refractivity contribution >= 4 is 22.5 Å². The lowest BCUT2D eigenvalue weighted by molar-refractivity contribution is 0.254. The SMILES string of the molecule is C=C(C)/C=C\C(=C)NC(=O)Nc1ccc(S(C)=O)cc1. The molecule has 1 aromatic carbocycles. The summed E-state index contributed by atoms with van der Waals surface area (Å²) < 4.78 is 11.2. The van der Waals surface area contributed by atoms with Gasteiger partial charge in [0, 0.05) is 33.3 Å². The van der Waals surface area contributed by atoms with Gasteiger partial charge in [0.25, 0.3) is 0 Å². The molecule has 1 aromatic rings. The Morgan fingerprint density at radius 2 is 1.80 bits per heavy atom. The second-order valence-electron chi connectivity index (χ2n) is 4.26. The second-order valence-corrected chi connectivity index (χ2v) is 5.64. The third kappa shape index (κ3) is 5.67. The fourth-order valence-corrected chi connectivity index (χ4v) is 1.84. The number of urea groups is 1. The molecule has 5 heteroatoms. The van der Waals surface area contributed by atoms with Crippen LogP contribution in [0.1, 0.15) is 6.92 Å². The van der Waals surface area contributed by atoms with E-state index in [1.807, 2.05) is 6.92 Å². The van der Waals surface area contributed by atoms with Gasteiger partial charge in [-0.15, -0.1) is 0 Å². The van der Waals surface area contributed by atoms with Crippen LogP contribution in [-0.2, 0) is 10.8 Å². The fourth-order valence-electron chi connectivity index (χ4n) is 1.32. The zero-order chi connectivity index (χ0) is 15.1. The molecule has 0 aliphatic heterocycles. The molecule has 1 rings (SSSR count). The maximum absolute atomic E-state index is 11.7. The average Bonchev–Trinajstić information content (AvgIpc) is 2.36. The molecule has 0 aliphatic rings. The maximum Gasteiger partial charge on any atom is 0.323 e. The normalized spacial score (nSPS) is 11.9. The Labute approximate surface area is 121 Å². The Hall–Kier alpha value is -2.14. The van der Waals surface area contributed by atoms with Gasteiger partial charge in [0.2, 0.25) is 0 Å². The molecule has 0 spiro atoms. The molecular formula is C15H18N2O2S. The molecule has 0 bridgehead atoms. The molecule has 0 saturated carbocycles. The van der Waals surface area contributed by atoms with Gasteiger partial charge < -0.3 is 10.6 Å². The summed E-state index contributed by atoms with van der Waals surface area (Å²) >= 11 is 0. The van der Waals surface area contributed by atoms with Gasteiger partial charge in [0.1, 0.15) is 0 Å². The van der Waals surface area contributed by atoms with Gasteiger partial charge in [-0.2, -0.15) is 0 Å². The molecule has 0 aliphatic carbocycles. The second kappa shape index (κ2) is 7.45. The van der Waals surface area contributed by atoms with Crippen LogP contribution < -0.4 is 10.6 Å². The van der Waals surface area contributed by atoms with Crippen LogP contribution in [0.5, 0.6) is 0 Å². The van der Waals surface area contributed by atoms with Crippen molar-refractivity contribution in [1.82, 2.24) is 5.32 Å².